The zero-order valence-corrected chi connectivity index (χ0v) is 11.2. The van der Waals surface area contributed by atoms with Gasteiger partial charge in [0, 0.05) is 11.4 Å². The second-order valence-electron chi connectivity index (χ2n) is 4.72. The topological polar surface area (TPSA) is 18.1 Å². The van der Waals surface area contributed by atoms with Crippen molar-refractivity contribution >= 4 is 0 Å². The lowest BCUT2D eigenvalue weighted by molar-refractivity contribution is -0.137. The van der Waals surface area contributed by atoms with Gasteiger partial charge in [-0.25, -0.2) is 0 Å². The fourth-order valence-corrected chi connectivity index (χ4v) is 2.32. The molecule has 2 aromatic heterocycles. The maximum atomic E-state index is 12.9. The number of aromatic nitrogens is 1. The molecular weight excluding hydrogens is 279 g/mol. The van der Waals surface area contributed by atoms with Gasteiger partial charge in [-0.1, -0.05) is 6.07 Å². The number of benzene rings is 1. The first-order valence-electron chi connectivity index (χ1n) is 6.36. The SMILES string of the molecule is Cc1ccc(-c2ccco2)n1-c1cccc(C(F)(F)F)c1. The molecule has 0 spiro atoms. The lowest BCUT2D eigenvalue weighted by Crippen LogP contribution is -2.07. The molecule has 0 fully saturated rings. The van der Waals surface area contributed by atoms with Crippen LogP contribution < -0.4 is 0 Å². The van der Waals surface area contributed by atoms with Crippen molar-refractivity contribution < 1.29 is 17.6 Å². The van der Waals surface area contributed by atoms with Gasteiger partial charge in [-0.2, -0.15) is 13.2 Å². The number of hydrogen-bond acceptors (Lipinski definition) is 1. The zero-order valence-electron chi connectivity index (χ0n) is 11.2. The monoisotopic (exact) mass is 291 g/mol. The quantitative estimate of drug-likeness (QED) is 0.645. The van der Waals surface area contributed by atoms with Crippen molar-refractivity contribution in [3.8, 4) is 17.1 Å². The van der Waals surface area contributed by atoms with E-state index >= 15 is 0 Å². The molecule has 3 aromatic rings. The highest BCUT2D eigenvalue weighted by Crippen LogP contribution is 2.32. The number of rotatable bonds is 2. The predicted molar refractivity (Wildman–Crippen MR) is 73.2 cm³/mol. The summed E-state index contributed by atoms with van der Waals surface area (Å²) in [5.74, 6) is 0.612. The minimum absolute atomic E-state index is 0.457. The van der Waals surface area contributed by atoms with E-state index in [2.05, 4.69) is 0 Å². The Bertz CT molecular complexity index is 754. The molecule has 21 heavy (non-hydrogen) atoms. The van der Waals surface area contributed by atoms with E-state index in [0.29, 0.717) is 11.4 Å². The normalized spacial score (nSPS) is 11.8. The van der Waals surface area contributed by atoms with Crippen LogP contribution in [0.4, 0.5) is 13.2 Å². The van der Waals surface area contributed by atoms with Crippen LogP contribution >= 0.6 is 0 Å². The number of aryl methyl sites for hydroxylation is 1. The van der Waals surface area contributed by atoms with Gasteiger partial charge in [-0.3, -0.25) is 0 Å². The Morgan fingerprint density at radius 1 is 1.00 bits per heavy atom. The lowest BCUT2D eigenvalue weighted by Gasteiger charge is -2.13. The Labute approximate surface area is 119 Å². The Hall–Kier alpha value is -2.43. The van der Waals surface area contributed by atoms with E-state index in [9.17, 15) is 13.2 Å². The number of nitrogens with zero attached hydrogens (tertiary/aromatic N) is 1. The first kappa shape index (κ1) is 13.5. The molecule has 0 saturated heterocycles. The van der Waals surface area contributed by atoms with Crippen LogP contribution in [0.5, 0.6) is 0 Å². The summed E-state index contributed by atoms with van der Waals surface area (Å²) in [6, 6.07) is 12.5. The van der Waals surface area contributed by atoms with Gasteiger partial charge >= 0.3 is 6.18 Å². The van der Waals surface area contributed by atoms with Crippen LogP contribution in [0.2, 0.25) is 0 Å². The Kier molecular flexibility index (Phi) is 3.12. The highest BCUT2D eigenvalue weighted by Gasteiger charge is 2.30. The first-order chi connectivity index (χ1) is 9.97. The molecule has 0 N–H and O–H groups in total. The molecule has 1 aromatic carbocycles. The number of halogens is 3. The fraction of sp³-hybridized carbons (Fsp3) is 0.125. The highest BCUT2D eigenvalue weighted by molar-refractivity contribution is 5.59. The van der Waals surface area contributed by atoms with E-state index in [1.54, 1.807) is 22.8 Å². The maximum Gasteiger partial charge on any atom is 0.416 e. The van der Waals surface area contributed by atoms with Gasteiger partial charge in [-0.15, -0.1) is 0 Å². The highest BCUT2D eigenvalue weighted by atomic mass is 19.4. The molecule has 0 amide bonds. The van der Waals surface area contributed by atoms with Gasteiger partial charge in [0.15, 0.2) is 5.76 Å². The summed E-state index contributed by atoms with van der Waals surface area (Å²) < 4.78 is 45.7. The molecule has 108 valence electrons. The van der Waals surface area contributed by atoms with Crippen molar-refractivity contribution in [2.75, 3.05) is 0 Å². The molecule has 2 heterocycles. The van der Waals surface area contributed by atoms with E-state index < -0.39 is 11.7 Å². The first-order valence-corrected chi connectivity index (χ1v) is 6.36. The summed E-state index contributed by atoms with van der Waals surface area (Å²) in [5, 5.41) is 0. The summed E-state index contributed by atoms with van der Waals surface area (Å²) in [5.41, 5.74) is 1.34. The molecule has 0 radical (unpaired) electrons. The average molecular weight is 291 g/mol. The smallest absolute Gasteiger partial charge is 0.416 e. The maximum absolute atomic E-state index is 12.9. The molecule has 5 heteroatoms. The van der Waals surface area contributed by atoms with Crippen LogP contribution in [0.15, 0.2) is 59.2 Å². The number of alkyl halides is 3. The summed E-state index contributed by atoms with van der Waals surface area (Å²) in [7, 11) is 0. The van der Waals surface area contributed by atoms with Gasteiger partial charge in [-0.05, 0) is 49.4 Å². The largest absolute Gasteiger partial charge is 0.463 e. The van der Waals surface area contributed by atoms with Crippen LogP contribution in [0.3, 0.4) is 0 Å². The second-order valence-corrected chi connectivity index (χ2v) is 4.72. The van der Waals surface area contributed by atoms with Crippen LogP contribution in [0, 0.1) is 6.92 Å². The molecule has 3 rings (SSSR count). The van der Waals surface area contributed by atoms with E-state index in [-0.39, 0.29) is 0 Å². The minimum Gasteiger partial charge on any atom is -0.463 e. The van der Waals surface area contributed by atoms with Gasteiger partial charge in [0.05, 0.1) is 17.5 Å². The molecule has 0 bridgehead atoms. The summed E-state index contributed by atoms with van der Waals surface area (Å²) in [6.07, 6.45) is -2.82. The predicted octanol–water partition coefficient (Wildman–Crippen LogP) is 5.06. The third-order valence-corrected chi connectivity index (χ3v) is 3.28. The van der Waals surface area contributed by atoms with Crippen LogP contribution in [0.1, 0.15) is 11.3 Å². The third kappa shape index (κ3) is 2.46. The standard InChI is InChI=1S/C16H12F3NO/c1-11-7-8-14(15-6-3-9-21-15)20(11)13-5-2-4-12(10-13)16(17,18)19/h2-10H,1H3. The second kappa shape index (κ2) is 4.84. The minimum atomic E-state index is -4.36. The molecular formula is C16H12F3NO. The molecule has 0 aliphatic heterocycles. The Morgan fingerprint density at radius 2 is 1.81 bits per heavy atom. The third-order valence-electron chi connectivity index (χ3n) is 3.28. The van der Waals surface area contributed by atoms with Crippen molar-refractivity contribution in [3.05, 3.63) is 66.1 Å². The summed E-state index contributed by atoms with van der Waals surface area (Å²) in [4.78, 5) is 0. The van der Waals surface area contributed by atoms with E-state index in [0.717, 1.165) is 23.5 Å². The van der Waals surface area contributed by atoms with Crippen molar-refractivity contribution in [2.45, 2.75) is 13.1 Å². The number of furan rings is 1. The Morgan fingerprint density at radius 3 is 2.48 bits per heavy atom. The van der Waals surface area contributed by atoms with Gasteiger partial charge < -0.3 is 8.98 Å². The fourth-order valence-electron chi connectivity index (χ4n) is 2.32. The van der Waals surface area contributed by atoms with Crippen LogP contribution in [0.25, 0.3) is 17.1 Å². The van der Waals surface area contributed by atoms with Crippen molar-refractivity contribution in [1.82, 2.24) is 4.57 Å². The zero-order chi connectivity index (χ0) is 15.0. The van der Waals surface area contributed by atoms with Gasteiger partial charge in [0.2, 0.25) is 0 Å². The van der Waals surface area contributed by atoms with Crippen molar-refractivity contribution in [2.24, 2.45) is 0 Å². The van der Waals surface area contributed by atoms with Crippen molar-refractivity contribution in [3.63, 3.8) is 0 Å². The molecule has 2 nitrogen and oxygen atoms in total. The number of hydrogen-bond donors (Lipinski definition) is 0. The summed E-state index contributed by atoms with van der Waals surface area (Å²) >= 11 is 0. The average Bonchev–Trinajstić information content (AvgIpc) is 3.06. The van der Waals surface area contributed by atoms with Gasteiger partial charge in [0.25, 0.3) is 0 Å². The molecule has 0 aliphatic carbocycles. The van der Waals surface area contributed by atoms with Crippen LogP contribution in [-0.2, 0) is 6.18 Å². The van der Waals surface area contributed by atoms with Gasteiger partial charge in [0.1, 0.15) is 0 Å². The van der Waals surface area contributed by atoms with E-state index in [4.69, 9.17) is 4.42 Å². The summed E-state index contributed by atoms with van der Waals surface area (Å²) in [6.45, 7) is 1.84. The van der Waals surface area contributed by atoms with Crippen molar-refractivity contribution in [1.29, 1.82) is 0 Å². The van der Waals surface area contributed by atoms with E-state index in [1.807, 2.05) is 19.1 Å². The molecule has 0 atom stereocenters. The lowest BCUT2D eigenvalue weighted by atomic mass is 10.2. The Balaban J connectivity index is 2.16. The molecule has 0 aliphatic rings. The molecule has 0 saturated carbocycles. The molecule has 0 unspecified atom stereocenters. The van der Waals surface area contributed by atoms with E-state index in [1.165, 1.54) is 12.3 Å². The van der Waals surface area contributed by atoms with Crippen LogP contribution in [-0.4, -0.2) is 4.57 Å².